The number of phenols is 1. The number of hydrogen-bond donors (Lipinski definition) is 1. The van der Waals surface area contributed by atoms with E-state index in [0.29, 0.717) is 5.92 Å². The van der Waals surface area contributed by atoms with Crippen molar-refractivity contribution >= 4 is 17.6 Å². The first kappa shape index (κ1) is 16.6. The fraction of sp³-hybridized carbons (Fsp3) is 0.381. The van der Waals surface area contributed by atoms with Gasteiger partial charge in [-0.2, -0.15) is 0 Å². The molecule has 24 heavy (non-hydrogen) atoms. The zero-order chi connectivity index (χ0) is 17.5. The average Bonchev–Trinajstić information content (AvgIpc) is 2.52. The standard InChI is InChI=1S/C21H26N2O/c1-14-10-20-19(15(2)12-21(3,4)23(20)5)11-16(14)13-22-17-6-8-18(24)9-7-17/h6-11,13,15,24H,12H2,1-5H3/t15-/m1/s1. The van der Waals surface area contributed by atoms with Crippen molar-refractivity contribution in [2.75, 3.05) is 11.9 Å². The van der Waals surface area contributed by atoms with E-state index in [-0.39, 0.29) is 11.3 Å². The molecule has 0 aliphatic carbocycles. The summed E-state index contributed by atoms with van der Waals surface area (Å²) >= 11 is 0. The molecule has 126 valence electrons. The van der Waals surface area contributed by atoms with E-state index < -0.39 is 0 Å². The fourth-order valence-electron chi connectivity index (χ4n) is 3.56. The first-order valence-electron chi connectivity index (χ1n) is 8.49. The van der Waals surface area contributed by atoms with Crippen molar-refractivity contribution in [3.8, 4) is 5.75 Å². The van der Waals surface area contributed by atoms with Gasteiger partial charge >= 0.3 is 0 Å². The maximum Gasteiger partial charge on any atom is 0.115 e. The Hall–Kier alpha value is -2.29. The lowest BCUT2D eigenvalue weighted by Gasteiger charge is -2.45. The summed E-state index contributed by atoms with van der Waals surface area (Å²) in [6, 6.07) is 11.5. The van der Waals surface area contributed by atoms with Crippen molar-refractivity contribution in [3.05, 3.63) is 53.1 Å². The van der Waals surface area contributed by atoms with Crippen LogP contribution in [-0.2, 0) is 0 Å². The van der Waals surface area contributed by atoms with Crippen molar-refractivity contribution in [1.82, 2.24) is 0 Å². The minimum Gasteiger partial charge on any atom is -0.508 e. The third kappa shape index (κ3) is 3.03. The Balaban J connectivity index is 1.97. The molecule has 3 rings (SSSR count). The molecule has 0 spiro atoms. The Kier molecular flexibility index (Phi) is 4.12. The molecule has 0 amide bonds. The molecular weight excluding hydrogens is 296 g/mol. The Labute approximate surface area is 144 Å². The highest BCUT2D eigenvalue weighted by molar-refractivity contribution is 5.86. The monoisotopic (exact) mass is 322 g/mol. The van der Waals surface area contributed by atoms with E-state index in [2.05, 4.69) is 56.8 Å². The summed E-state index contributed by atoms with van der Waals surface area (Å²) in [5.41, 5.74) is 6.14. The number of phenolic OH excluding ortho intramolecular Hbond substituents is 1. The molecule has 1 atom stereocenters. The second-order valence-corrected chi connectivity index (χ2v) is 7.52. The van der Waals surface area contributed by atoms with Crippen LogP contribution < -0.4 is 4.90 Å². The molecule has 3 nitrogen and oxygen atoms in total. The highest BCUT2D eigenvalue weighted by Crippen LogP contribution is 2.43. The zero-order valence-corrected chi connectivity index (χ0v) is 15.2. The molecule has 1 N–H and O–H groups in total. The van der Waals surface area contributed by atoms with Crippen LogP contribution >= 0.6 is 0 Å². The topological polar surface area (TPSA) is 35.8 Å². The van der Waals surface area contributed by atoms with Gasteiger partial charge in [-0.25, -0.2) is 0 Å². The third-order valence-electron chi connectivity index (χ3n) is 5.22. The van der Waals surface area contributed by atoms with E-state index in [9.17, 15) is 5.11 Å². The van der Waals surface area contributed by atoms with Crippen LogP contribution in [0.3, 0.4) is 0 Å². The summed E-state index contributed by atoms with van der Waals surface area (Å²) in [5.74, 6) is 0.797. The molecule has 0 aromatic heterocycles. The Morgan fingerprint density at radius 2 is 1.88 bits per heavy atom. The van der Waals surface area contributed by atoms with Crippen LogP contribution in [0.5, 0.6) is 5.75 Å². The summed E-state index contributed by atoms with van der Waals surface area (Å²) < 4.78 is 0. The largest absolute Gasteiger partial charge is 0.508 e. The van der Waals surface area contributed by atoms with Crippen LogP contribution in [0.2, 0.25) is 0 Å². The molecule has 1 aliphatic rings. The molecular formula is C21H26N2O. The van der Waals surface area contributed by atoms with Crippen molar-refractivity contribution in [3.63, 3.8) is 0 Å². The van der Waals surface area contributed by atoms with Gasteiger partial charge in [-0.15, -0.1) is 0 Å². The summed E-state index contributed by atoms with van der Waals surface area (Å²) in [6.45, 7) is 9.06. The number of aromatic hydroxyl groups is 1. The number of aliphatic imine (C=N–C) groups is 1. The maximum atomic E-state index is 9.36. The number of anilines is 1. The Morgan fingerprint density at radius 3 is 2.54 bits per heavy atom. The lowest BCUT2D eigenvalue weighted by Crippen LogP contribution is -2.45. The second kappa shape index (κ2) is 5.97. The SMILES string of the molecule is Cc1cc2c(cc1C=Nc1ccc(O)cc1)[C@H](C)CC(C)(C)N2C. The van der Waals surface area contributed by atoms with E-state index in [1.165, 1.54) is 16.8 Å². The summed E-state index contributed by atoms with van der Waals surface area (Å²) in [7, 11) is 2.19. The van der Waals surface area contributed by atoms with Gasteiger partial charge in [-0.3, -0.25) is 4.99 Å². The predicted octanol–water partition coefficient (Wildman–Crippen LogP) is 5.17. The van der Waals surface area contributed by atoms with Gasteiger partial charge in [0.15, 0.2) is 0 Å². The summed E-state index contributed by atoms with van der Waals surface area (Å²) in [6.07, 6.45) is 3.07. The quantitative estimate of drug-likeness (QED) is 0.774. The Morgan fingerprint density at radius 1 is 1.21 bits per heavy atom. The first-order chi connectivity index (χ1) is 11.3. The van der Waals surface area contributed by atoms with Crippen molar-refractivity contribution < 1.29 is 5.11 Å². The maximum absolute atomic E-state index is 9.36. The van der Waals surface area contributed by atoms with Gasteiger partial charge in [-0.1, -0.05) is 6.92 Å². The molecule has 0 unspecified atom stereocenters. The minimum atomic E-state index is 0.181. The lowest BCUT2D eigenvalue weighted by molar-refractivity contribution is 0.395. The van der Waals surface area contributed by atoms with Gasteiger partial charge in [0.05, 0.1) is 5.69 Å². The van der Waals surface area contributed by atoms with E-state index in [0.717, 1.165) is 17.7 Å². The number of rotatable bonds is 2. The number of benzene rings is 2. The smallest absolute Gasteiger partial charge is 0.115 e. The van der Waals surface area contributed by atoms with Gasteiger partial charge in [0.1, 0.15) is 5.75 Å². The first-order valence-corrected chi connectivity index (χ1v) is 8.49. The van der Waals surface area contributed by atoms with Crippen LogP contribution in [0, 0.1) is 6.92 Å². The third-order valence-corrected chi connectivity index (χ3v) is 5.22. The van der Waals surface area contributed by atoms with Crippen molar-refractivity contribution in [1.29, 1.82) is 0 Å². The fourth-order valence-corrected chi connectivity index (χ4v) is 3.56. The average molecular weight is 322 g/mol. The summed E-state index contributed by atoms with van der Waals surface area (Å²) in [4.78, 5) is 6.95. The van der Waals surface area contributed by atoms with Gasteiger partial charge in [0.2, 0.25) is 0 Å². The van der Waals surface area contributed by atoms with Gasteiger partial charge in [0, 0.05) is 24.5 Å². The number of fused-ring (bicyclic) bond motifs is 1. The van der Waals surface area contributed by atoms with E-state index in [4.69, 9.17) is 0 Å². The molecule has 2 aromatic carbocycles. The van der Waals surface area contributed by atoms with E-state index in [1.807, 2.05) is 18.3 Å². The van der Waals surface area contributed by atoms with E-state index in [1.54, 1.807) is 12.1 Å². The van der Waals surface area contributed by atoms with Gasteiger partial charge < -0.3 is 10.0 Å². The van der Waals surface area contributed by atoms with Crippen molar-refractivity contribution in [2.24, 2.45) is 4.99 Å². The van der Waals surface area contributed by atoms with Crippen LogP contribution in [-0.4, -0.2) is 23.9 Å². The molecule has 0 saturated heterocycles. The molecule has 0 saturated carbocycles. The van der Waals surface area contributed by atoms with Crippen LogP contribution in [0.15, 0.2) is 41.4 Å². The molecule has 0 fully saturated rings. The second-order valence-electron chi connectivity index (χ2n) is 7.52. The molecule has 2 aromatic rings. The number of hydrogen-bond acceptors (Lipinski definition) is 3. The van der Waals surface area contributed by atoms with Crippen LogP contribution in [0.25, 0.3) is 0 Å². The van der Waals surface area contributed by atoms with Gasteiger partial charge in [-0.05, 0) is 86.2 Å². The molecule has 1 heterocycles. The molecule has 1 aliphatic heterocycles. The molecule has 0 bridgehead atoms. The zero-order valence-electron chi connectivity index (χ0n) is 15.2. The van der Waals surface area contributed by atoms with Crippen molar-refractivity contribution in [2.45, 2.75) is 45.6 Å². The minimum absolute atomic E-state index is 0.181. The number of nitrogens with zero attached hydrogens (tertiary/aromatic N) is 2. The van der Waals surface area contributed by atoms with Gasteiger partial charge in [0.25, 0.3) is 0 Å². The van der Waals surface area contributed by atoms with Crippen LogP contribution in [0.4, 0.5) is 11.4 Å². The predicted molar refractivity (Wildman–Crippen MR) is 102 cm³/mol. The highest BCUT2D eigenvalue weighted by atomic mass is 16.3. The highest BCUT2D eigenvalue weighted by Gasteiger charge is 2.34. The molecule has 3 heteroatoms. The molecule has 0 radical (unpaired) electrons. The van der Waals surface area contributed by atoms with Crippen LogP contribution in [0.1, 0.15) is 49.8 Å². The lowest BCUT2D eigenvalue weighted by atomic mass is 9.79. The normalized spacial score (nSPS) is 19.5. The van der Waals surface area contributed by atoms with E-state index >= 15 is 0 Å². The Bertz CT molecular complexity index is 775. The summed E-state index contributed by atoms with van der Waals surface area (Å²) in [5, 5.41) is 9.36. The number of aryl methyl sites for hydroxylation is 1.